The van der Waals surface area contributed by atoms with Crippen LogP contribution in [-0.2, 0) is 24.3 Å². The van der Waals surface area contributed by atoms with Crippen LogP contribution in [0, 0.1) is 6.92 Å². The van der Waals surface area contributed by atoms with E-state index < -0.39 is 0 Å². The van der Waals surface area contributed by atoms with E-state index in [-0.39, 0.29) is 24.0 Å². The van der Waals surface area contributed by atoms with Crippen LogP contribution in [0.1, 0.15) is 28.8 Å². The van der Waals surface area contributed by atoms with Crippen molar-refractivity contribution in [3.05, 3.63) is 51.5 Å². The molecule has 138 valence electrons. The first kappa shape index (κ1) is 21.9. The standard InChI is InChI=1S/C18H26N4OS.HI/c1-4-23-12-16-8-6-5-7-15(16)11-21-18(19-3)20-10-9-17-13-24-14(2)22-17;/h5-8,13H,4,9-12H2,1-3H3,(H2,19,20,21);1H. The number of aromatic nitrogens is 1. The van der Waals surface area contributed by atoms with E-state index in [1.807, 2.05) is 26.0 Å². The number of ether oxygens (including phenoxy) is 1. The number of thiazole rings is 1. The lowest BCUT2D eigenvalue weighted by atomic mass is 10.1. The molecule has 25 heavy (non-hydrogen) atoms. The summed E-state index contributed by atoms with van der Waals surface area (Å²) in [5.74, 6) is 0.799. The van der Waals surface area contributed by atoms with Gasteiger partial charge < -0.3 is 15.4 Å². The predicted molar refractivity (Wildman–Crippen MR) is 116 cm³/mol. The number of benzene rings is 1. The van der Waals surface area contributed by atoms with E-state index in [2.05, 4.69) is 38.1 Å². The lowest BCUT2D eigenvalue weighted by molar-refractivity contribution is 0.133. The Balaban J connectivity index is 0.00000312. The second kappa shape index (κ2) is 12.2. The largest absolute Gasteiger partial charge is 0.377 e. The van der Waals surface area contributed by atoms with Crippen LogP contribution in [0.5, 0.6) is 0 Å². The maximum atomic E-state index is 5.53. The number of hydrogen-bond donors (Lipinski definition) is 2. The third-order valence-electron chi connectivity index (χ3n) is 3.59. The Hall–Kier alpha value is -1.19. The first-order valence-electron chi connectivity index (χ1n) is 8.23. The number of guanidine groups is 1. The number of rotatable bonds is 8. The highest BCUT2D eigenvalue weighted by Gasteiger charge is 2.04. The van der Waals surface area contributed by atoms with Gasteiger partial charge in [-0.05, 0) is 25.0 Å². The molecular weight excluding hydrogens is 447 g/mol. The zero-order chi connectivity index (χ0) is 17.2. The molecule has 0 amide bonds. The maximum absolute atomic E-state index is 5.53. The smallest absolute Gasteiger partial charge is 0.191 e. The minimum Gasteiger partial charge on any atom is -0.377 e. The Morgan fingerprint density at radius 2 is 2.00 bits per heavy atom. The van der Waals surface area contributed by atoms with E-state index in [0.29, 0.717) is 6.61 Å². The number of halogens is 1. The van der Waals surface area contributed by atoms with Gasteiger partial charge in [-0.1, -0.05) is 24.3 Å². The van der Waals surface area contributed by atoms with Crippen LogP contribution in [0.3, 0.4) is 0 Å². The summed E-state index contributed by atoms with van der Waals surface area (Å²) in [5, 5.41) is 9.91. The topological polar surface area (TPSA) is 58.5 Å². The van der Waals surface area contributed by atoms with Crippen molar-refractivity contribution < 1.29 is 4.74 Å². The minimum absolute atomic E-state index is 0. The Morgan fingerprint density at radius 1 is 1.24 bits per heavy atom. The zero-order valence-electron chi connectivity index (χ0n) is 15.0. The Kier molecular flexibility index (Phi) is 10.7. The quantitative estimate of drug-likeness (QED) is 0.349. The molecule has 0 bridgehead atoms. The second-order valence-electron chi connectivity index (χ2n) is 5.37. The van der Waals surface area contributed by atoms with Gasteiger partial charge in [-0.15, -0.1) is 35.3 Å². The number of aryl methyl sites for hydroxylation is 1. The third kappa shape index (κ3) is 7.70. The lowest BCUT2D eigenvalue weighted by Gasteiger charge is -2.14. The molecule has 2 rings (SSSR count). The van der Waals surface area contributed by atoms with Crippen molar-refractivity contribution in [3.8, 4) is 0 Å². The van der Waals surface area contributed by atoms with Crippen LogP contribution < -0.4 is 10.6 Å². The Bertz CT molecular complexity index is 660. The summed E-state index contributed by atoms with van der Waals surface area (Å²) in [6.45, 7) is 6.94. The highest BCUT2D eigenvalue weighted by Crippen LogP contribution is 2.10. The van der Waals surface area contributed by atoms with Gasteiger partial charge in [0, 0.05) is 38.5 Å². The summed E-state index contributed by atoms with van der Waals surface area (Å²) < 4.78 is 5.53. The van der Waals surface area contributed by atoms with Crippen LogP contribution in [-0.4, -0.2) is 31.1 Å². The number of nitrogens with one attached hydrogen (secondary N) is 2. The summed E-state index contributed by atoms with van der Waals surface area (Å²) in [6.07, 6.45) is 0.895. The monoisotopic (exact) mass is 474 g/mol. The molecule has 0 aliphatic heterocycles. The van der Waals surface area contributed by atoms with Crippen molar-refractivity contribution in [1.29, 1.82) is 0 Å². The molecule has 1 aromatic carbocycles. The average Bonchev–Trinajstić information content (AvgIpc) is 3.02. The third-order valence-corrected chi connectivity index (χ3v) is 4.41. The number of hydrogen-bond acceptors (Lipinski definition) is 4. The molecule has 0 radical (unpaired) electrons. The molecular formula is C18H27IN4OS. The zero-order valence-corrected chi connectivity index (χ0v) is 18.2. The minimum atomic E-state index is 0. The van der Waals surface area contributed by atoms with E-state index in [1.165, 1.54) is 11.1 Å². The molecule has 2 N–H and O–H groups in total. The highest BCUT2D eigenvalue weighted by molar-refractivity contribution is 14.0. The summed E-state index contributed by atoms with van der Waals surface area (Å²) in [5.41, 5.74) is 3.56. The fraction of sp³-hybridized carbons (Fsp3) is 0.444. The van der Waals surface area contributed by atoms with Gasteiger partial charge >= 0.3 is 0 Å². The SMILES string of the molecule is CCOCc1ccccc1CNC(=NC)NCCc1csc(C)n1.I. The molecule has 1 heterocycles. The van der Waals surface area contributed by atoms with Crippen molar-refractivity contribution in [2.75, 3.05) is 20.2 Å². The van der Waals surface area contributed by atoms with Crippen molar-refractivity contribution in [3.63, 3.8) is 0 Å². The Labute approximate surface area is 171 Å². The average molecular weight is 474 g/mol. The van der Waals surface area contributed by atoms with Gasteiger partial charge in [-0.2, -0.15) is 0 Å². The molecule has 7 heteroatoms. The van der Waals surface area contributed by atoms with Crippen LogP contribution in [0.2, 0.25) is 0 Å². The number of aliphatic imine (C=N–C) groups is 1. The highest BCUT2D eigenvalue weighted by atomic mass is 127. The van der Waals surface area contributed by atoms with Gasteiger partial charge in [0.25, 0.3) is 0 Å². The summed E-state index contributed by atoms with van der Waals surface area (Å²) >= 11 is 1.69. The van der Waals surface area contributed by atoms with Crippen LogP contribution in [0.15, 0.2) is 34.6 Å². The first-order chi connectivity index (χ1) is 11.7. The van der Waals surface area contributed by atoms with Gasteiger partial charge in [-0.25, -0.2) is 4.98 Å². The summed E-state index contributed by atoms with van der Waals surface area (Å²) in [6, 6.07) is 8.31. The fourth-order valence-corrected chi connectivity index (χ4v) is 2.96. The van der Waals surface area contributed by atoms with E-state index in [1.54, 1.807) is 18.4 Å². The molecule has 0 aliphatic rings. The van der Waals surface area contributed by atoms with Crippen molar-refractivity contribution >= 4 is 41.3 Å². The van der Waals surface area contributed by atoms with Crippen LogP contribution >= 0.6 is 35.3 Å². The molecule has 5 nitrogen and oxygen atoms in total. The van der Waals surface area contributed by atoms with Gasteiger partial charge in [0.2, 0.25) is 0 Å². The number of nitrogens with zero attached hydrogens (tertiary/aromatic N) is 2. The molecule has 0 fully saturated rings. The summed E-state index contributed by atoms with van der Waals surface area (Å²) in [4.78, 5) is 8.75. The van der Waals surface area contributed by atoms with Gasteiger partial charge in [0.15, 0.2) is 5.96 Å². The molecule has 0 spiro atoms. The lowest BCUT2D eigenvalue weighted by Crippen LogP contribution is -2.38. The van der Waals surface area contributed by atoms with E-state index in [4.69, 9.17) is 4.74 Å². The molecule has 0 saturated carbocycles. The maximum Gasteiger partial charge on any atom is 0.191 e. The van der Waals surface area contributed by atoms with E-state index >= 15 is 0 Å². The van der Waals surface area contributed by atoms with Crippen LogP contribution in [0.25, 0.3) is 0 Å². The summed E-state index contributed by atoms with van der Waals surface area (Å²) in [7, 11) is 1.79. The van der Waals surface area contributed by atoms with Crippen molar-refractivity contribution in [1.82, 2.24) is 15.6 Å². The molecule has 0 atom stereocenters. The van der Waals surface area contributed by atoms with Gasteiger partial charge in [-0.3, -0.25) is 4.99 Å². The molecule has 0 saturated heterocycles. The molecule has 0 aliphatic carbocycles. The van der Waals surface area contributed by atoms with E-state index in [9.17, 15) is 0 Å². The molecule has 0 unspecified atom stereocenters. The first-order valence-corrected chi connectivity index (χ1v) is 9.11. The van der Waals surface area contributed by atoms with Crippen molar-refractivity contribution in [2.24, 2.45) is 4.99 Å². The van der Waals surface area contributed by atoms with E-state index in [0.717, 1.165) is 42.8 Å². The normalized spacial score (nSPS) is 11.1. The molecule has 1 aromatic heterocycles. The predicted octanol–water partition coefficient (Wildman–Crippen LogP) is 3.51. The van der Waals surface area contributed by atoms with Crippen LogP contribution in [0.4, 0.5) is 0 Å². The van der Waals surface area contributed by atoms with Gasteiger partial charge in [0.1, 0.15) is 0 Å². The fourth-order valence-electron chi connectivity index (χ4n) is 2.31. The Morgan fingerprint density at radius 3 is 2.64 bits per heavy atom. The van der Waals surface area contributed by atoms with Crippen molar-refractivity contribution in [2.45, 2.75) is 33.4 Å². The molecule has 2 aromatic rings. The van der Waals surface area contributed by atoms with Gasteiger partial charge in [0.05, 0.1) is 17.3 Å². The second-order valence-corrected chi connectivity index (χ2v) is 6.43.